The second-order valence-electron chi connectivity index (χ2n) is 9.17. The highest BCUT2D eigenvalue weighted by Gasteiger charge is 2.46. The largest absolute Gasteiger partial charge is 0.464 e. The molecule has 2 heterocycles. The molecule has 1 spiro atoms. The number of hydrogen-bond acceptors (Lipinski definition) is 4. The molecule has 0 aromatic carbocycles. The van der Waals surface area contributed by atoms with Gasteiger partial charge in [-0.2, -0.15) is 13.2 Å². The van der Waals surface area contributed by atoms with E-state index in [4.69, 9.17) is 4.74 Å². The Bertz CT molecular complexity index is 820. The molecule has 0 N–H and O–H groups in total. The monoisotopic (exact) mass is 428 g/mol. The molecule has 1 aliphatic carbocycles. The van der Waals surface area contributed by atoms with E-state index in [2.05, 4.69) is 4.90 Å². The van der Waals surface area contributed by atoms with Crippen molar-refractivity contribution in [3.63, 3.8) is 0 Å². The number of halogens is 3. The third-order valence-electron chi connectivity index (χ3n) is 6.29. The molecule has 1 aliphatic heterocycles. The molecule has 2 aliphatic rings. The summed E-state index contributed by atoms with van der Waals surface area (Å²) in [5.41, 5.74) is -1.29. The van der Waals surface area contributed by atoms with Crippen LogP contribution in [0.3, 0.4) is 0 Å². The van der Waals surface area contributed by atoms with Gasteiger partial charge < -0.3 is 14.2 Å². The van der Waals surface area contributed by atoms with Crippen LogP contribution >= 0.6 is 0 Å². The first-order chi connectivity index (χ1) is 14.0. The summed E-state index contributed by atoms with van der Waals surface area (Å²) in [6.07, 6.45) is 0.767. The van der Waals surface area contributed by atoms with Crippen molar-refractivity contribution < 1.29 is 22.7 Å². The molecule has 1 atom stereocenters. The number of esters is 1. The van der Waals surface area contributed by atoms with Crippen LogP contribution in [0.2, 0.25) is 0 Å². The van der Waals surface area contributed by atoms with Crippen molar-refractivity contribution in [1.82, 2.24) is 9.47 Å². The lowest BCUT2D eigenvalue weighted by atomic mass is 9.63. The maximum absolute atomic E-state index is 13.6. The average Bonchev–Trinajstić information content (AvgIpc) is 2.57. The van der Waals surface area contributed by atoms with Crippen molar-refractivity contribution in [3.05, 3.63) is 33.7 Å². The summed E-state index contributed by atoms with van der Waals surface area (Å²) in [7, 11) is 0. The predicted octanol–water partition coefficient (Wildman–Crippen LogP) is 4.05. The van der Waals surface area contributed by atoms with Crippen molar-refractivity contribution in [2.45, 2.75) is 65.1 Å². The Hall–Kier alpha value is -1.83. The number of rotatable bonds is 8. The highest BCUT2D eigenvalue weighted by atomic mass is 19.4. The second-order valence-corrected chi connectivity index (χ2v) is 9.17. The Balaban J connectivity index is 1.86. The van der Waals surface area contributed by atoms with Gasteiger partial charge in [0.25, 0.3) is 5.56 Å². The normalized spacial score (nSPS) is 19.4. The fourth-order valence-corrected chi connectivity index (χ4v) is 4.64. The van der Waals surface area contributed by atoms with Gasteiger partial charge in [0.2, 0.25) is 0 Å². The van der Waals surface area contributed by atoms with E-state index in [9.17, 15) is 22.8 Å². The van der Waals surface area contributed by atoms with Gasteiger partial charge in [0, 0.05) is 31.9 Å². The number of carbonyl (C=O) groups is 1. The minimum absolute atomic E-state index is 0.0507. The first-order valence-corrected chi connectivity index (χ1v) is 10.8. The summed E-state index contributed by atoms with van der Waals surface area (Å²) < 4.78 is 47.0. The van der Waals surface area contributed by atoms with Crippen LogP contribution in [0.1, 0.15) is 63.6 Å². The Morgan fingerprint density at radius 2 is 1.93 bits per heavy atom. The van der Waals surface area contributed by atoms with Crippen LogP contribution < -0.4 is 5.56 Å². The molecule has 0 radical (unpaired) electrons. The molecule has 1 saturated carbocycles. The van der Waals surface area contributed by atoms with Crippen LogP contribution in [0.5, 0.6) is 0 Å². The number of nitrogens with zero attached hydrogens (tertiary/aromatic N) is 2. The molecule has 0 bridgehead atoms. The molecule has 30 heavy (non-hydrogen) atoms. The van der Waals surface area contributed by atoms with Crippen molar-refractivity contribution in [2.24, 2.45) is 11.3 Å². The van der Waals surface area contributed by atoms with Gasteiger partial charge in [0.1, 0.15) is 6.04 Å². The highest BCUT2D eigenvalue weighted by molar-refractivity contribution is 5.74. The minimum Gasteiger partial charge on any atom is -0.464 e. The highest BCUT2D eigenvalue weighted by Crippen LogP contribution is 2.48. The molecular weight excluding hydrogens is 397 g/mol. The number of carbonyl (C=O) groups excluding carboxylic acids is 1. The molecule has 1 saturated heterocycles. The number of hydrogen-bond donors (Lipinski definition) is 0. The van der Waals surface area contributed by atoms with E-state index in [1.165, 1.54) is 25.5 Å². The van der Waals surface area contributed by atoms with E-state index in [0.29, 0.717) is 24.4 Å². The van der Waals surface area contributed by atoms with Crippen molar-refractivity contribution >= 4 is 5.97 Å². The fraction of sp³-hybridized carbons (Fsp3) is 0.727. The Kier molecular flexibility index (Phi) is 6.65. The van der Waals surface area contributed by atoms with Gasteiger partial charge in [-0.25, -0.2) is 4.79 Å². The molecule has 3 rings (SSSR count). The molecule has 5 nitrogen and oxygen atoms in total. The topological polar surface area (TPSA) is 51.5 Å². The predicted molar refractivity (Wildman–Crippen MR) is 107 cm³/mol. The van der Waals surface area contributed by atoms with Gasteiger partial charge in [0.05, 0.1) is 12.2 Å². The average molecular weight is 428 g/mol. The lowest BCUT2D eigenvalue weighted by molar-refractivity contribution is -0.147. The zero-order valence-corrected chi connectivity index (χ0v) is 17.9. The maximum atomic E-state index is 13.6. The molecular formula is C22H31F3N2O3. The minimum atomic E-state index is -4.62. The zero-order chi connectivity index (χ0) is 22.1. The molecule has 1 aromatic heterocycles. The lowest BCUT2D eigenvalue weighted by Crippen LogP contribution is -2.59. The van der Waals surface area contributed by atoms with Gasteiger partial charge >= 0.3 is 12.1 Å². The number of aromatic nitrogens is 1. The van der Waals surface area contributed by atoms with Gasteiger partial charge in [-0.3, -0.25) is 4.79 Å². The zero-order valence-electron chi connectivity index (χ0n) is 17.9. The Labute approximate surface area is 175 Å². The summed E-state index contributed by atoms with van der Waals surface area (Å²) in [6, 6.07) is -0.300. The number of likely N-dealkylation sites (tertiary alicyclic amines) is 1. The van der Waals surface area contributed by atoms with Crippen LogP contribution in [-0.2, 0) is 22.1 Å². The molecule has 1 unspecified atom stereocenters. The summed E-state index contributed by atoms with van der Waals surface area (Å²) in [5, 5.41) is 0. The standard InChI is InChI=1S/C22H31F3N2O3/c1-4-30-20(29)18(10-15(2)3)27-12-16(17(11-19(27)28)22(23,24)25)6-9-26-13-21(14-26)7-5-8-21/h11-12,15,18H,4-10,13-14H2,1-3H3. The first kappa shape index (κ1) is 22.8. The van der Waals surface area contributed by atoms with Crippen LogP contribution in [0, 0.1) is 11.3 Å². The fourth-order valence-electron chi connectivity index (χ4n) is 4.64. The quantitative estimate of drug-likeness (QED) is 0.587. The van der Waals surface area contributed by atoms with Crippen LogP contribution in [0.4, 0.5) is 13.2 Å². The number of ether oxygens (including phenoxy) is 1. The van der Waals surface area contributed by atoms with E-state index in [1.54, 1.807) is 6.92 Å². The SMILES string of the molecule is CCOC(=O)C(CC(C)C)n1cc(CCN2CC3(CCC3)C2)c(C(F)(F)F)cc1=O. The number of alkyl halides is 3. The third kappa shape index (κ3) is 4.90. The smallest absolute Gasteiger partial charge is 0.416 e. The first-order valence-electron chi connectivity index (χ1n) is 10.8. The summed E-state index contributed by atoms with van der Waals surface area (Å²) in [4.78, 5) is 27.2. The van der Waals surface area contributed by atoms with E-state index >= 15 is 0 Å². The third-order valence-corrected chi connectivity index (χ3v) is 6.29. The van der Waals surface area contributed by atoms with E-state index in [0.717, 1.165) is 17.7 Å². The van der Waals surface area contributed by atoms with E-state index in [-0.39, 0.29) is 24.5 Å². The van der Waals surface area contributed by atoms with Gasteiger partial charge in [0.15, 0.2) is 0 Å². The maximum Gasteiger partial charge on any atom is 0.416 e. The van der Waals surface area contributed by atoms with E-state index < -0.39 is 29.3 Å². The summed E-state index contributed by atoms with van der Waals surface area (Å²) in [6.45, 7) is 7.97. The van der Waals surface area contributed by atoms with Crippen LogP contribution in [0.25, 0.3) is 0 Å². The summed E-state index contributed by atoms with van der Waals surface area (Å²) >= 11 is 0. The van der Waals surface area contributed by atoms with Gasteiger partial charge in [-0.15, -0.1) is 0 Å². The van der Waals surface area contributed by atoms with Crippen molar-refractivity contribution in [3.8, 4) is 0 Å². The van der Waals surface area contributed by atoms with Crippen molar-refractivity contribution in [2.75, 3.05) is 26.2 Å². The Morgan fingerprint density at radius 1 is 1.27 bits per heavy atom. The van der Waals surface area contributed by atoms with Gasteiger partial charge in [-0.05, 0) is 49.5 Å². The molecule has 168 valence electrons. The van der Waals surface area contributed by atoms with Crippen molar-refractivity contribution in [1.29, 1.82) is 0 Å². The van der Waals surface area contributed by atoms with Gasteiger partial charge in [-0.1, -0.05) is 20.3 Å². The molecule has 0 amide bonds. The second kappa shape index (κ2) is 8.73. The molecule has 8 heteroatoms. The summed E-state index contributed by atoms with van der Waals surface area (Å²) in [5.74, 6) is -0.523. The molecule has 2 fully saturated rings. The van der Waals surface area contributed by atoms with Crippen LogP contribution in [-0.4, -0.2) is 41.7 Å². The lowest BCUT2D eigenvalue weighted by Gasteiger charge is -2.56. The molecule has 1 aromatic rings. The number of pyridine rings is 1. The van der Waals surface area contributed by atoms with E-state index in [1.807, 2.05) is 13.8 Å². The van der Waals surface area contributed by atoms with Crippen LogP contribution in [0.15, 0.2) is 17.1 Å². The Morgan fingerprint density at radius 3 is 2.43 bits per heavy atom.